The summed E-state index contributed by atoms with van der Waals surface area (Å²) in [5.41, 5.74) is 1.47. The van der Waals surface area contributed by atoms with Gasteiger partial charge in [0.1, 0.15) is 17.7 Å². The van der Waals surface area contributed by atoms with Crippen LogP contribution in [0, 0.1) is 17.6 Å². The lowest BCUT2D eigenvalue weighted by Crippen LogP contribution is -2.27. The van der Waals surface area contributed by atoms with Crippen LogP contribution in [-0.2, 0) is 14.2 Å². The van der Waals surface area contributed by atoms with Gasteiger partial charge in [0.05, 0.1) is 18.8 Å². The van der Waals surface area contributed by atoms with Crippen molar-refractivity contribution >= 4 is 0 Å². The second-order valence-corrected chi connectivity index (χ2v) is 6.92. The summed E-state index contributed by atoms with van der Waals surface area (Å²) < 4.78 is 45.3. The van der Waals surface area contributed by atoms with E-state index in [0.29, 0.717) is 24.7 Å². The summed E-state index contributed by atoms with van der Waals surface area (Å²) in [4.78, 5) is 0. The van der Waals surface area contributed by atoms with E-state index in [-0.39, 0.29) is 5.56 Å². The minimum absolute atomic E-state index is 0.0864. The molecule has 0 aromatic heterocycles. The number of benzene rings is 2. The molecule has 5 heteroatoms. The van der Waals surface area contributed by atoms with E-state index in [1.165, 1.54) is 38.2 Å². The number of hydrogen-bond donors (Lipinski definition) is 0. The highest BCUT2D eigenvalue weighted by Crippen LogP contribution is 2.32. The van der Waals surface area contributed by atoms with Crippen LogP contribution in [0.5, 0.6) is 0 Å². The molecule has 146 valence electrons. The van der Waals surface area contributed by atoms with Crippen LogP contribution in [0.4, 0.5) is 8.78 Å². The van der Waals surface area contributed by atoms with Crippen molar-refractivity contribution in [2.75, 3.05) is 20.3 Å². The van der Waals surface area contributed by atoms with E-state index in [1.807, 2.05) is 12.1 Å². The molecule has 0 aliphatic carbocycles. The third-order valence-corrected chi connectivity index (χ3v) is 4.94. The van der Waals surface area contributed by atoms with Crippen LogP contribution >= 0.6 is 0 Å². The highest BCUT2D eigenvalue weighted by molar-refractivity contribution is 5.34. The fourth-order valence-electron chi connectivity index (χ4n) is 3.40. The first-order valence-corrected chi connectivity index (χ1v) is 9.43. The molecule has 0 amide bonds. The van der Waals surface area contributed by atoms with Crippen LogP contribution in [0.1, 0.15) is 55.3 Å². The van der Waals surface area contributed by atoms with E-state index in [0.717, 1.165) is 12.0 Å². The standard InChI is InChI=1S/C22H26F2O3/c1-3-4-6-15-13-26-22(27-14-15)17-11-9-16(10-12-17)21(25-2)20-18(23)7-5-8-19(20)24/h5,7-12,15,21-22H,3-4,6,13-14H2,1-2H3. The second kappa shape index (κ2) is 9.40. The lowest BCUT2D eigenvalue weighted by atomic mass is 9.98. The Bertz CT molecular complexity index is 705. The van der Waals surface area contributed by atoms with Gasteiger partial charge < -0.3 is 14.2 Å². The first-order valence-electron chi connectivity index (χ1n) is 9.43. The van der Waals surface area contributed by atoms with Gasteiger partial charge in [-0.3, -0.25) is 0 Å². The van der Waals surface area contributed by atoms with Crippen molar-refractivity contribution in [3.8, 4) is 0 Å². The summed E-state index contributed by atoms with van der Waals surface area (Å²) in [6.45, 7) is 3.55. The van der Waals surface area contributed by atoms with Gasteiger partial charge in [-0.2, -0.15) is 0 Å². The summed E-state index contributed by atoms with van der Waals surface area (Å²) in [5, 5.41) is 0. The molecule has 2 aromatic rings. The van der Waals surface area contributed by atoms with E-state index in [2.05, 4.69) is 6.92 Å². The van der Waals surface area contributed by atoms with Crippen molar-refractivity contribution in [1.82, 2.24) is 0 Å². The highest BCUT2D eigenvalue weighted by atomic mass is 19.1. The highest BCUT2D eigenvalue weighted by Gasteiger charge is 2.25. The Morgan fingerprint density at radius 1 is 1.04 bits per heavy atom. The Hall–Kier alpha value is -1.82. The number of halogens is 2. The van der Waals surface area contributed by atoms with Gasteiger partial charge in [0.2, 0.25) is 0 Å². The molecule has 0 N–H and O–H groups in total. The third kappa shape index (κ3) is 4.72. The number of rotatable bonds is 7. The largest absolute Gasteiger partial charge is 0.372 e. The third-order valence-electron chi connectivity index (χ3n) is 4.94. The van der Waals surface area contributed by atoms with Crippen molar-refractivity contribution in [2.24, 2.45) is 5.92 Å². The number of unbranched alkanes of at least 4 members (excludes halogenated alkanes) is 1. The monoisotopic (exact) mass is 376 g/mol. The van der Waals surface area contributed by atoms with Gasteiger partial charge in [0, 0.05) is 18.6 Å². The maximum absolute atomic E-state index is 14.1. The topological polar surface area (TPSA) is 27.7 Å². The van der Waals surface area contributed by atoms with Gasteiger partial charge in [-0.15, -0.1) is 0 Å². The van der Waals surface area contributed by atoms with Gasteiger partial charge in [0.25, 0.3) is 0 Å². The SMILES string of the molecule is CCCCC1COC(c2ccc(C(OC)c3c(F)cccc3F)cc2)OC1. The van der Waals surface area contributed by atoms with Crippen molar-refractivity contribution in [3.05, 3.63) is 70.8 Å². The Morgan fingerprint density at radius 3 is 2.22 bits per heavy atom. The predicted molar refractivity (Wildman–Crippen MR) is 99.3 cm³/mol. The van der Waals surface area contributed by atoms with Gasteiger partial charge >= 0.3 is 0 Å². The molecule has 2 aromatic carbocycles. The fraction of sp³-hybridized carbons (Fsp3) is 0.455. The molecule has 1 heterocycles. The van der Waals surface area contributed by atoms with Crippen molar-refractivity contribution < 1.29 is 23.0 Å². The number of methoxy groups -OCH3 is 1. The van der Waals surface area contributed by atoms with Crippen molar-refractivity contribution in [2.45, 2.75) is 38.6 Å². The summed E-state index contributed by atoms with van der Waals surface area (Å²) in [6, 6.07) is 11.1. The fourth-order valence-corrected chi connectivity index (χ4v) is 3.40. The Morgan fingerprint density at radius 2 is 1.67 bits per heavy atom. The smallest absolute Gasteiger partial charge is 0.183 e. The maximum atomic E-state index is 14.1. The maximum Gasteiger partial charge on any atom is 0.183 e. The Labute approximate surface area is 159 Å². The van der Waals surface area contributed by atoms with Crippen molar-refractivity contribution in [1.29, 1.82) is 0 Å². The molecule has 0 bridgehead atoms. The summed E-state index contributed by atoms with van der Waals surface area (Å²) in [7, 11) is 1.44. The zero-order valence-electron chi connectivity index (χ0n) is 15.8. The quantitative estimate of drug-likeness (QED) is 0.634. The lowest BCUT2D eigenvalue weighted by molar-refractivity contribution is -0.206. The second-order valence-electron chi connectivity index (χ2n) is 6.92. The first-order chi connectivity index (χ1) is 13.1. The molecule has 3 nitrogen and oxygen atoms in total. The Balaban J connectivity index is 1.70. The minimum atomic E-state index is -0.813. The van der Waals surface area contributed by atoms with Crippen LogP contribution in [0.15, 0.2) is 42.5 Å². The van der Waals surface area contributed by atoms with E-state index >= 15 is 0 Å². The predicted octanol–water partition coefficient (Wildman–Crippen LogP) is 5.55. The van der Waals surface area contributed by atoms with Crippen molar-refractivity contribution in [3.63, 3.8) is 0 Å². The number of hydrogen-bond acceptors (Lipinski definition) is 3. The molecule has 1 saturated heterocycles. The minimum Gasteiger partial charge on any atom is -0.372 e. The summed E-state index contributed by atoms with van der Waals surface area (Å²) in [6.07, 6.45) is 2.26. The molecule has 1 aliphatic heterocycles. The average Bonchev–Trinajstić information content (AvgIpc) is 2.70. The summed E-state index contributed by atoms with van der Waals surface area (Å²) in [5.74, 6) is -0.798. The first kappa shape index (κ1) is 19.9. The van der Waals surface area contributed by atoms with E-state index in [1.54, 1.807) is 12.1 Å². The number of ether oxygens (including phenoxy) is 3. The van der Waals surface area contributed by atoms with Crippen LogP contribution in [0.2, 0.25) is 0 Å². The van der Waals surface area contributed by atoms with Gasteiger partial charge in [-0.05, 0) is 24.1 Å². The molecule has 1 aliphatic rings. The summed E-state index contributed by atoms with van der Waals surface area (Å²) >= 11 is 0. The van der Waals surface area contributed by atoms with E-state index in [9.17, 15) is 8.78 Å². The van der Waals surface area contributed by atoms with E-state index < -0.39 is 24.0 Å². The molecule has 1 fully saturated rings. The molecule has 1 unspecified atom stereocenters. The zero-order valence-corrected chi connectivity index (χ0v) is 15.8. The van der Waals surface area contributed by atoms with Gasteiger partial charge in [-0.25, -0.2) is 8.78 Å². The van der Waals surface area contributed by atoms with Gasteiger partial charge in [0.15, 0.2) is 6.29 Å². The molecular weight excluding hydrogens is 350 g/mol. The molecule has 3 rings (SSSR count). The zero-order chi connectivity index (χ0) is 19.2. The van der Waals surface area contributed by atoms with Crippen LogP contribution in [0.25, 0.3) is 0 Å². The van der Waals surface area contributed by atoms with Crippen LogP contribution in [0.3, 0.4) is 0 Å². The average molecular weight is 376 g/mol. The van der Waals surface area contributed by atoms with E-state index in [4.69, 9.17) is 14.2 Å². The van der Waals surface area contributed by atoms with Gasteiger partial charge in [-0.1, -0.05) is 50.1 Å². The normalized spacial score (nSPS) is 21.2. The Kier molecular flexibility index (Phi) is 6.94. The van der Waals surface area contributed by atoms with Crippen LogP contribution in [-0.4, -0.2) is 20.3 Å². The molecular formula is C22H26F2O3. The molecule has 0 spiro atoms. The molecule has 0 radical (unpaired) electrons. The lowest BCUT2D eigenvalue weighted by Gasteiger charge is -2.30. The van der Waals surface area contributed by atoms with Crippen LogP contribution < -0.4 is 0 Å². The molecule has 0 saturated carbocycles. The molecule has 1 atom stereocenters. The molecule has 27 heavy (non-hydrogen) atoms.